The van der Waals surface area contributed by atoms with Crippen LogP contribution in [0.2, 0.25) is 5.02 Å². The molecule has 0 unspecified atom stereocenters. The van der Waals surface area contributed by atoms with E-state index in [9.17, 15) is 4.79 Å². The van der Waals surface area contributed by atoms with Crippen molar-refractivity contribution < 1.29 is 14.1 Å². The molecule has 0 aromatic heterocycles. The molecule has 6 heteroatoms. The number of hydrogen-bond acceptors (Lipinski definition) is 3. The standard InChI is InChI=1S/C13H17BClNO3/c1-12(2)13(3,4)19-14(18-12)10-7-8(15)5-6-9(10)11(16)17/h5-7H,1-4H3,(H2,16,17). The van der Waals surface area contributed by atoms with Crippen LogP contribution in [0.15, 0.2) is 18.2 Å². The van der Waals surface area contributed by atoms with Crippen LogP contribution < -0.4 is 11.2 Å². The minimum atomic E-state index is -0.647. The molecule has 0 saturated carbocycles. The Kier molecular flexibility index (Phi) is 3.41. The van der Waals surface area contributed by atoms with Gasteiger partial charge in [-0.2, -0.15) is 0 Å². The summed E-state index contributed by atoms with van der Waals surface area (Å²) in [5, 5.41) is 0.509. The number of carbonyl (C=O) groups excluding carboxylic acids is 1. The van der Waals surface area contributed by atoms with Crippen molar-refractivity contribution in [1.82, 2.24) is 0 Å². The maximum Gasteiger partial charge on any atom is 0.495 e. The molecule has 2 N–H and O–H groups in total. The number of carbonyl (C=O) groups is 1. The lowest BCUT2D eigenvalue weighted by molar-refractivity contribution is 0.00578. The van der Waals surface area contributed by atoms with Crippen LogP contribution in [0.5, 0.6) is 0 Å². The van der Waals surface area contributed by atoms with Gasteiger partial charge in [0.15, 0.2) is 0 Å². The zero-order valence-corrected chi connectivity index (χ0v) is 12.2. The van der Waals surface area contributed by atoms with E-state index < -0.39 is 24.2 Å². The largest absolute Gasteiger partial charge is 0.495 e. The first-order valence-electron chi connectivity index (χ1n) is 6.09. The molecule has 0 aliphatic carbocycles. The fraction of sp³-hybridized carbons (Fsp3) is 0.462. The van der Waals surface area contributed by atoms with Gasteiger partial charge in [0.25, 0.3) is 0 Å². The third-order valence-electron chi connectivity index (χ3n) is 3.79. The molecule has 0 bridgehead atoms. The maximum absolute atomic E-state index is 11.5. The van der Waals surface area contributed by atoms with Crippen LogP contribution in [-0.4, -0.2) is 24.2 Å². The molecule has 2 rings (SSSR count). The molecule has 1 heterocycles. The van der Waals surface area contributed by atoms with E-state index in [-0.39, 0.29) is 0 Å². The minimum Gasteiger partial charge on any atom is -0.399 e. The Bertz CT molecular complexity index is 515. The molecule has 4 nitrogen and oxygen atoms in total. The van der Waals surface area contributed by atoms with Crippen molar-refractivity contribution in [3.8, 4) is 0 Å². The average molecular weight is 282 g/mol. The van der Waals surface area contributed by atoms with Crippen molar-refractivity contribution >= 4 is 30.1 Å². The van der Waals surface area contributed by atoms with E-state index in [0.29, 0.717) is 16.0 Å². The Labute approximate surface area is 118 Å². The average Bonchev–Trinajstić information content (AvgIpc) is 2.47. The maximum atomic E-state index is 11.5. The highest BCUT2D eigenvalue weighted by Gasteiger charge is 2.52. The number of rotatable bonds is 2. The summed E-state index contributed by atoms with van der Waals surface area (Å²) in [5.74, 6) is -0.527. The lowest BCUT2D eigenvalue weighted by Gasteiger charge is -2.32. The molecule has 1 fully saturated rings. The Hall–Kier alpha value is -1.04. The van der Waals surface area contributed by atoms with E-state index in [2.05, 4.69) is 0 Å². The summed E-state index contributed by atoms with van der Waals surface area (Å²) in [4.78, 5) is 11.5. The number of primary amides is 1. The first-order chi connectivity index (χ1) is 8.64. The predicted molar refractivity (Wildman–Crippen MR) is 75.7 cm³/mol. The second kappa shape index (κ2) is 4.51. The summed E-state index contributed by atoms with van der Waals surface area (Å²) < 4.78 is 11.8. The molecular weight excluding hydrogens is 264 g/mol. The summed E-state index contributed by atoms with van der Waals surface area (Å²) >= 11 is 5.98. The van der Waals surface area contributed by atoms with Crippen molar-refractivity contribution in [2.45, 2.75) is 38.9 Å². The van der Waals surface area contributed by atoms with Crippen molar-refractivity contribution in [3.05, 3.63) is 28.8 Å². The third kappa shape index (κ3) is 2.50. The number of amides is 1. The topological polar surface area (TPSA) is 61.5 Å². The summed E-state index contributed by atoms with van der Waals surface area (Å²) in [6.45, 7) is 7.78. The third-order valence-corrected chi connectivity index (χ3v) is 4.02. The second-order valence-electron chi connectivity index (χ2n) is 5.68. The summed E-state index contributed by atoms with van der Waals surface area (Å²) in [7, 11) is -0.647. The SMILES string of the molecule is CC1(C)OB(c2cc(Cl)ccc2C(N)=O)OC1(C)C. The molecule has 0 radical (unpaired) electrons. The lowest BCUT2D eigenvalue weighted by atomic mass is 9.76. The van der Waals surface area contributed by atoms with Gasteiger partial charge in [0.1, 0.15) is 0 Å². The van der Waals surface area contributed by atoms with Crippen molar-refractivity contribution in [1.29, 1.82) is 0 Å². The first kappa shape index (κ1) is 14.4. The molecule has 102 valence electrons. The summed E-state index contributed by atoms with van der Waals surface area (Å²) in [5.41, 5.74) is 5.35. The van der Waals surface area contributed by atoms with E-state index in [1.807, 2.05) is 27.7 Å². The van der Waals surface area contributed by atoms with Gasteiger partial charge in [0.2, 0.25) is 5.91 Å². The number of halogens is 1. The minimum absolute atomic E-state index is 0.364. The Morgan fingerprint density at radius 2 is 1.74 bits per heavy atom. The van der Waals surface area contributed by atoms with Crippen molar-refractivity contribution in [2.24, 2.45) is 5.73 Å². The van der Waals surface area contributed by atoms with Gasteiger partial charge in [0, 0.05) is 10.6 Å². The summed E-state index contributed by atoms with van der Waals surface area (Å²) in [6, 6.07) is 4.87. The quantitative estimate of drug-likeness (QED) is 0.840. The Balaban J connectivity index is 2.44. The molecule has 1 aromatic rings. The number of benzene rings is 1. The zero-order valence-electron chi connectivity index (χ0n) is 11.5. The van der Waals surface area contributed by atoms with Gasteiger partial charge in [-0.15, -0.1) is 0 Å². The second-order valence-corrected chi connectivity index (χ2v) is 6.12. The molecule has 1 aliphatic heterocycles. The zero-order chi connectivity index (χ0) is 14.4. The van der Waals surface area contributed by atoms with Crippen LogP contribution >= 0.6 is 11.6 Å². The van der Waals surface area contributed by atoms with Gasteiger partial charge < -0.3 is 15.0 Å². The molecule has 1 aliphatic rings. The highest BCUT2D eigenvalue weighted by Crippen LogP contribution is 2.36. The predicted octanol–water partition coefficient (Wildman–Crippen LogP) is 1.74. The highest BCUT2D eigenvalue weighted by molar-refractivity contribution is 6.64. The van der Waals surface area contributed by atoms with Gasteiger partial charge in [-0.25, -0.2) is 0 Å². The Morgan fingerprint density at radius 3 is 2.21 bits per heavy atom. The van der Waals surface area contributed by atoms with E-state index >= 15 is 0 Å². The van der Waals surface area contributed by atoms with Crippen LogP contribution in [0, 0.1) is 0 Å². The van der Waals surface area contributed by atoms with E-state index in [1.165, 1.54) is 0 Å². The van der Waals surface area contributed by atoms with Crippen molar-refractivity contribution in [2.75, 3.05) is 0 Å². The van der Waals surface area contributed by atoms with E-state index in [0.717, 1.165) is 0 Å². The molecule has 19 heavy (non-hydrogen) atoms. The molecule has 1 aromatic carbocycles. The first-order valence-corrected chi connectivity index (χ1v) is 6.47. The number of nitrogens with two attached hydrogens (primary N) is 1. The van der Waals surface area contributed by atoms with Gasteiger partial charge in [-0.3, -0.25) is 4.79 Å². The Morgan fingerprint density at radius 1 is 1.21 bits per heavy atom. The molecule has 1 saturated heterocycles. The molecule has 0 atom stereocenters. The van der Waals surface area contributed by atoms with Crippen LogP contribution in [0.4, 0.5) is 0 Å². The van der Waals surface area contributed by atoms with Gasteiger partial charge in [0.05, 0.1) is 11.2 Å². The lowest BCUT2D eigenvalue weighted by Crippen LogP contribution is -2.41. The van der Waals surface area contributed by atoms with E-state index in [4.69, 9.17) is 26.6 Å². The van der Waals surface area contributed by atoms with Crippen molar-refractivity contribution in [3.63, 3.8) is 0 Å². The van der Waals surface area contributed by atoms with Crippen LogP contribution in [-0.2, 0) is 9.31 Å². The highest BCUT2D eigenvalue weighted by atomic mass is 35.5. The normalized spacial score (nSPS) is 20.6. The van der Waals surface area contributed by atoms with Crippen LogP contribution in [0.3, 0.4) is 0 Å². The van der Waals surface area contributed by atoms with Gasteiger partial charge >= 0.3 is 7.12 Å². The summed E-state index contributed by atoms with van der Waals surface area (Å²) in [6.07, 6.45) is 0. The molecule has 0 spiro atoms. The van der Waals surface area contributed by atoms with Gasteiger partial charge in [-0.05, 0) is 51.4 Å². The monoisotopic (exact) mass is 281 g/mol. The molecular formula is C13H17BClNO3. The van der Waals surface area contributed by atoms with Gasteiger partial charge in [-0.1, -0.05) is 11.6 Å². The van der Waals surface area contributed by atoms with Crippen LogP contribution in [0.1, 0.15) is 38.1 Å². The van der Waals surface area contributed by atoms with Crippen LogP contribution in [0.25, 0.3) is 0 Å². The molecule has 1 amide bonds. The fourth-order valence-electron chi connectivity index (χ4n) is 1.92. The van der Waals surface area contributed by atoms with E-state index in [1.54, 1.807) is 18.2 Å². The number of hydrogen-bond donors (Lipinski definition) is 1. The fourth-order valence-corrected chi connectivity index (χ4v) is 2.10. The smallest absolute Gasteiger partial charge is 0.399 e.